The maximum atomic E-state index is 13.8. The number of nitrogens with one attached hydrogen (secondary N) is 1. The van der Waals surface area contributed by atoms with Crippen molar-refractivity contribution < 1.29 is 23.3 Å². The number of hydrogen-bond donors (Lipinski definition) is 1. The van der Waals surface area contributed by atoms with E-state index in [4.69, 9.17) is 0 Å². The second kappa shape index (κ2) is 8.12. The number of nitro groups is 1. The fraction of sp³-hybridized carbons (Fsp3) is 0.263. The lowest BCUT2D eigenvalue weighted by Crippen LogP contribution is -2.30. The molecule has 1 aliphatic heterocycles. The minimum Gasteiger partial charge on any atom is -0.342 e. The lowest BCUT2D eigenvalue weighted by atomic mass is 10.1. The summed E-state index contributed by atoms with van der Waals surface area (Å²) in [5.74, 6) is -2.60. The van der Waals surface area contributed by atoms with E-state index in [1.54, 1.807) is 12.1 Å². The molecule has 1 unspecified atom stereocenters. The van der Waals surface area contributed by atoms with Gasteiger partial charge in [0.05, 0.1) is 16.5 Å². The first-order valence-corrected chi connectivity index (χ1v) is 8.60. The van der Waals surface area contributed by atoms with Gasteiger partial charge in [0.2, 0.25) is 11.8 Å². The molecule has 146 valence electrons. The summed E-state index contributed by atoms with van der Waals surface area (Å²) in [7, 11) is 0. The van der Waals surface area contributed by atoms with Crippen molar-refractivity contribution in [3.05, 3.63) is 69.8 Å². The van der Waals surface area contributed by atoms with Gasteiger partial charge in [-0.05, 0) is 30.2 Å². The summed E-state index contributed by atoms with van der Waals surface area (Å²) in [5, 5.41) is 13.1. The molecule has 0 aliphatic carbocycles. The van der Waals surface area contributed by atoms with Crippen molar-refractivity contribution >= 4 is 23.2 Å². The average Bonchev–Trinajstić information content (AvgIpc) is 3.04. The molecule has 2 aromatic carbocycles. The molecule has 1 aliphatic rings. The van der Waals surface area contributed by atoms with Crippen molar-refractivity contribution in [1.82, 2.24) is 4.90 Å². The zero-order valence-electron chi connectivity index (χ0n) is 14.7. The van der Waals surface area contributed by atoms with Crippen molar-refractivity contribution in [3.63, 3.8) is 0 Å². The Morgan fingerprint density at radius 2 is 1.93 bits per heavy atom. The molecule has 2 amide bonds. The number of carbonyl (C=O) groups excluding carboxylic acids is 2. The maximum absolute atomic E-state index is 13.8. The minimum atomic E-state index is -0.795. The molecule has 0 saturated carbocycles. The largest absolute Gasteiger partial charge is 0.342 e. The number of carbonyl (C=O) groups is 2. The summed E-state index contributed by atoms with van der Waals surface area (Å²) < 4.78 is 26.8. The van der Waals surface area contributed by atoms with Crippen LogP contribution >= 0.6 is 0 Å². The zero-order valence-corrected chi connectivity index (χ0v) is 14.7. The van der Waals surface area contributed by atoms with E-state index in [2.05, 4.69) is 5.32 Å². The second-order valence-corrected chi connectivity index (χ2v) is 6.53. The van der Waals surface area contributed by atoms with Gasteiger partial charge in [0, 0.05) is 31.6 Å². The van der Waals surface area contributed by atoms with Gasteiger partial charge in [0.1, 0.15) is 11.6 Å². The summed E-state index contributed by atoms with van der Waals surface area (Å²) in [4.78, 5) is 36.2. The molecule has 1 fully saturated rings. The van der Waals surface area contributed by atoms with Gasteiger partial charge in [-0.3, -0.25) is 19.7 Å². The first-order chi connectivity index (χ1) is 13.3. The maximum Gasteiger partial charge on any atom is 0.271 e. The van der Waals surface area contributed by atoms with E-state index in [1.165, 1.54) is 17.0 Å². The van der Waals surface area contributed by atoms with Crippen LogP contribution in [-0.4, -0.2) is 34.7 Å². The van der Waals surface area contributed by atoms with E-state index >= 15 is 0 Å². The molecule has 7 nitrogen and oxygen atoms in total. The Morgan fingerprint density at radius 3 is 2.61 bits per heavy atom. The Labute approximate surface area is 159 Å². The molecule has 0 bridgehead atoms. The highest BCUT2D eigenvalue weighted by Gasteiger charge is 2.34. The SMILES string of the molecule is O=C(Nc1cc([N+](=O)[O-])ccc1F)C1CC(=O)N(CCc2ccc(F)cc2)C1. The van der Waals surface area contributed by atoms with Gasteiger partial charge in [-0.15, -0.1) is 0 Å². The quantitative estimate of drug-likeness (QED) is 0.607. The summed E-state index contributed by atoms with van der Waals surface area (Å²) in [6.07, 6.45) is 0.492. The highest BCUT2D eigenvalue weighted by molar-refractivity contribution is 5.97. The summed E-state index contributed by atoms with van der Waals surface area (Å²) in [6.45, 7) is 0.543. The van der Waals surface area contributed by atoms with Crippen LogP contribution in [0.15, 0.2) is 42.5 Å². The van der Waals surface area contributed by atoms with E-state index in [0.717, 1.165) is 23.8 Å². The molecule has 2 aromatic rings. The van der Waals surface area contributed by atoms with Crippen LogP contribution in [0.1, 0.15) is 12.0 Å². The highest BCUT2D eigenvalue weighted by Crippen LogP contribution is 2.24. The van der Waals surface area contributed by atoms with Gasteiger partial charge in [-0.2, -0.15) is 0 Å². The molecule has 1 N–H and O–H groups in total. The van der Waals surface area contributed by atoms with Crippen LogP contribution < -0.4 is 5.32 Å². The molecular weight excluding hydrogens is 372 g/mol. The number of hydrogen-bond acceptors (Lipinski definition) is 4. The molecule has 9 heteroatoms. The van der Waals surface area contributed by atoms with Gasteiger partial charge in [-0.1, -0.05) is 12.1 Å². The first kappa shape index (κ1) is 19.4. The van der Waals surface area contributed by atoms with Crippen molar-refractivity contribution in [2.45, 2.75) is 12.8 Å². The average molecular weight is 389 g/mol. The third-order valence-corrected chi connectivity index (χ3v) is 4.59. The van der Waals surface area contributed by atoms with Crippen molar-refractivity contribution in [1.29, 1.82) is 0 Å². The molecule has 1 atom stereocenters. The van der Waals surface area contributed by atoms with Gasteiger partial charge in [0.25, 0.3) is 5.69 Å². The number of non-ortho nitro benzene ring substituents is 1. The van der Waals surface area contributed by atoms with Crippen LogP contribution in [0.4, 0.5) is 20.2 Å². The fourth-order valence-electron chi connectivity index (χ4n) is 3.04. The lowest BCUT2D eigenvalue weighted by Gasteiger charge is -2.16. The van der Waals surface area contributed by atoms with Gasteiger partial charge >= 0.3 is 0 Å². The van der Waals surface area contributed by atoms with Crippen LogP contribution in [0.2, 0.25) is 0 Å². The highest BCUT2D eigenvalue weighted by atomic mass is 19.1. The standard InChI is InChI=1S/C19H17F2N3O4/c20-14-3-1-12(2-4-14)7-8-23-11-13(9-18(23)25)19(26)22-17-10-15(24(27)28)5-6-16(17)21/h1-6,10,13H,7-9,11H2,(H,22,26). The number of anilines is 1. The Morgan fingerprint density at radius 1 is 1.21 bits per heavy atom. The number of halogens is 2. The number of benzene rings is 2. The van der Waals surface area contributed by atoms with Crippen molar-refractivity contribution in [2.24, 2.45) is 5.92 Å². The van der Waals surface area contributed by atoms with Crippen molar-refractivity contribution in [2.75, 3.05) is 18.4 Å². The molecule has 1 saturated heterocycles. The number of amides is 2. The van der Waals surface area contributed by atoms with Crippen LogP contribution in [-0.2, 0) is 16.0 Å². The number of rotatable bonds is 6. The van der Waals surface area contributed by atoms with Crippen LogP contribution in [0.25, 0.3) is 0 Å². The molecule has 0 spiro atoms. The van der Waals surface area contributed by atoms with Crippen LogP contribution in [0, 0.1) is 27.7 Å². The van der Waals surface area contributed by atoms with Crippen LogP contribution in [0.3, 0.4) is 0 Å². The molecule has 28 heavy (non-hydrogen) atoms. The third kappa shape index (κ3) is 4.48. The zero-order chi connectivity index (χ0) is 20.3. The Bertz CT molecular complexity index is 918. The van der Waals surface area contributed by atoms with E-state index in [0.29, 0.717) is 13.0 Å². The van der Waals surface area contributed by atoms with Gasteiger partial charge in [0.15, 0.2) is 0 Å². The number of nitro benzene ring substituents is 1. The number of nitrogens with zero attached hydrogens (tertiary/aromatic N) is 2. The summed E-state index contributed by atoms with van der Waals surface area (Å²) in [5.41, 5.74) is 0.220. The molecule has 3 rings (SSSR count). The Hall–Kier alpha value is -3.36. The summed E-state index contributed by atoms with van der Waals surface area (Å²) >= 11 is 0. The molecule has 0 radical (unpaired) electrons. The monoisotopic (exact) mass is 389 g/mol. The smallest absolute Gasteiger partial charge is 0.271 e. The predicted molar refractivity (Wildman–Crippen MR) is 96.5 cm³/mol. The minimum absolute atomic E-state index is 0.0220. The third-order valence-electron chi connectivity index (χ3n) is 4.59. The molecule has 0 aromatic heterocycles. The summed E-state index contributed by atoms with van der Waals surface area (Å²) in [6, 6.07) is 8.78. The molecular formula is C19H17F2N3O4. The van der Waals surface area contributed by atoms with E-state index in [-0.39, 0.29) is 36.1 Å². The Kier molecular flexibility index (Phi) is 5.62. The van der Waals surface area contributed by atoms with E-state index in [9.17, 15) is 28.5 Å². The fourth-order valence-corrected chi connectivity index (χ4v) is 3.04. The molecule has 1 heterocycles. The van der Waals surface area contributed by atoms with Crippen LogP contribution in [0.5, 0.6) is 0 Å². The van der Waals surface area contributed by atoms with Crippen molar-refractivity contribution in [3.8, 4) is 0 Å². The number of likely N-dealkylation sites (tertiary alicyclic amines) is 1. The van der Waals surface area contributed by atoms with E-state index in [1.807, 2.05) is 0 Å². The Balaban J connectivity index is 1.60. The first-order valence-electron chi connectivity index (χ1n) is 8.60. The topological polar surface area (TPSA) is 92.5 Å². The predicted octanol–water partition coefficient (Wildman–Crippen LogP) is 2.90. The second-order valence-electron chi connectivity index (χ2n) is 6.53. The van der Waals surface area contributed by atoms with Gasteiger partial charge < -0.3 is 10.2 Å². The van der Waals surface area contributed by atoms with E-state index < -0.39 is 22.6 Å². The lowest BCUT2D eigenvalue weighted by molar-refractivity contribution is -0.384. The van der Waals surface area contributed by atoms with Gasteiger partial charge in [-0.25, -0.2) is 8.78 Å². The normalized spacial score (nSPS) is 16.3.